The zero-order valence-electron chi connectivity index (χ0n) is 16.1. The van der Waals surface area contributed by atoms with E-state index in [9.17, 15) is 13.2 Å². The van der Waals surface area contributed by atoms with Crippen LogP contribution in [0.2, 0.25) is 0 Å². The number of nitrogen functional groups attached to an aromatic ring is 1. The monoisotopic (exact) mass is 404 g/mol. The Kier molecular flexibility index (Phi) is 10.2. The Bertz CT molecular complexity index is 641. The molecule has 0 spiro atoms. The normalized spacial score (nSPS) is 14.1. The fourth-order valence-corrected chi connectivity index (χ4v) is 2.54. The number of benzene rings is 1. The van der Waals surface area contributed by atoms with Gasteiger partial charge in [-0.2, -0.15) is 8.78 Å². The summed E-state index contributed by atoms with van der Waals surface area (Å²) in [5.74, 6) is -0.933. The topological polar surface area (TPSA) is 80.1 Å². The molecule has 0 bridgehead atoms. The summed E-state index contributed by atoms with van der Waals surface area (Å²) < 4.78 is 45.6. The van der Waals surface area contributed by atoms with E-state index in [4.69, 9.17) is 15.3 Å². The standard InChI is InChI=1S/C15H24F2N4O2.C3H3FO/c1-19-12-9-11(18)14(23-15(16)17)10-13(12)20(2)3-4-21-5-7-22-8-6-21;1-3(4)2-5/h9-10,15,19H,3-8,18H2,1-2H3;2H,1H2. The molecule has 1 heterocycles. The van der Waals surface area contributed by atoms with Crippen LogP contribution in [-0.2, 0) is 9.53 Å². The van der Waals surface area contributed by atoms with Crippen LogP contribution in [0, 0.1) is 0 Å². The molecule has 0 unspecified atom stereocenters. The van der Waals surface area contributed by atoms with Gasteiger partial charge in [-0.15, -0.1) is 0 Å². The molecule has 28 heavy (non-hydrogen) atoms. The minimum absolute atomic E-state index is 0.00720. The van der Waals surface area contributed by atoms with Crippen molar-refractivity contribution in [2.45, 2.75) is 6.61 Å². The molecular formula is C18H27F3N4O3. The molecule has 0 aliphatic carbocycles. The Morgan fingerprint density at radius 2 is 2.07 bits per heavy atom. The number of rotatable bonds is 8. The molecule has 0 saturated carbocycles. The van der Waals surface area contributed by atoms with E-state index in [1.807, 2.05) is 11.9 Å². The van der Waals surface area contributed by atoms with Crippen LogP contribution in [0.15, 0.2) is 24.5 Å². The summed E-state index contributed by atoms with van der Waals surface area (Å²) in [7, 11) is 3.68. The Balaban J connectivity index is 0.000000696. The lowest BCUT2D eigenvalue weighted by Crippen LogP contribution is -2.40. The number of carbonyl (C=O) groups excluding carboxylic acids is 1. The summed E-state index contributed by atoms with van der Waals surface area (Å²) in [6.45, 7) is 4.69. The van der Waals surface area contributed by atoms with E-state index >= 15 is 0 Å². The van der Waals surface area contributed by atoms with Gasteiger partial charge in [0, 0.05) is 46.3 Å². The van der Waals surface area contributed by atoms with E-state index in [0.717, 1.165) is 50.8 Å². The Hall–Kier alpha value is -2.46. The maximum Gasteiger partial charge on any atom is 0.387 e. The van der Waals surface area contributed by atoms with Crippen molar-refractivity contribution < 1.29 is 27.4 Å². The molecule has 3 N–H and O–H groups in total. The van der Waals surface area contributed by atoms with Crippen LogP contribution < -0.4 is 20.7 Å². The predicted molar refractivity (Wildman–Crippen MR) is 104 cm³/mol. The molecule has 1 saturated heterocycles. The first kappa shape index (κ1) is 23.6. The number of carbonyl (C=O) groups is 1. The second-order valence-electron chi connectivity index (χ2n) is 5.98. The molecular weight excluding hydrogens is 377 g/mol. The second-order valence-corrected chi connectivity index (χ2v) is 5.98. The summed E-state index contributed by atoms with van der Waals surface area (Å²) in [6.07, 6.45) is 0.0556. The van der Waals surface area contributed by atoms with Crippen molar-refractivity contribution in [3.8, 4) is 5.75 Å². The third-order valence-corrected chi connectivity index (χ3v) is 4.01. The molecule has 1 fully saturated rings. The first-order chi connectivity index (χ1) is 13.3. The van der Waals surface area contributed by atoms with Crippen LogP contribution in [0.5, 0.6) is 5.75 Å². The highest BCUT2D eigenvalue weighted by Crippen LogP contribution is 2.35. The van der Waals surface area contributed by atoms with Gasteiger partial charge in [-0.05, 0) is 6.07 Å². The zero-order valence-corrected chi connectivity index (χ0v) is 16.1. The molecule has 0 aromatic heterocycles. The van der Waals surface area contributed by atoms with Gasteiger partial charge in [0.2, 0.25) is 0 Å². The Morgan fingerprint density at radius 3 is 2.57 bits per heavy atom. The summed E-state index contributed by atoms with van der Waals surface area (Å²) in [5, 5.41) is 3.04. The van der Waals surface area contributed by atoms with E-state index in [1.165, 1.54) is 0 Å². The van der Waals surface area contributed by atoms with Gasteiger partial charge >= 0.3 is 6.61 Å². The van der Waals surface area contributed by atoms with Crippen LogP contribution in [0.4, 0.5) is 30.2 Å². The van der Waals surface area contributed by atoms with Gasteiger partial charge in [0.05, 0.1) is 30.3 Å². The predicted octanol–water partition coefficient (Wildman–Crippen LogP) is 2.35. The molecule has 10 heteroatoms. The summed E-state index contributed by atoms with van der Waals surface area (Å²) in [4.78, 5) is 13.3. The smallest absolute Gasteiger partial charge is 0.387 e. The third-order valence-electron chi connectivity index (χ3n) is 4.01. The SMILES string of the molecule is C=C(F)C=O.CNc1cc(N)c(OC(F)F)cc1N(C)CCN1CCOCC1. The molecule has 2 rings (SSSR count). The summed E-state index contributed by atoms with van der Waals surface area (Å²) in [5.41, 5.74) is 7.49. The van der Waals surface area contributed by atoms with Crippen molar-refractivity contribution in [3.05, 3.63) is 24.5 Å². The first-order valence-electron chi connectivity index (χ1n) is 8.65. The van der Waals surface area contributed by atoms with Crippen LogP contribution >= 0.6 is 0 Å². The maximum absolute atomic E-state index is 12.5. The highest BCUT2D eigenvalue weighted by atomic mass is 19.3. The third kappa shape index (κ3) is 8.05. The molecule has 1 aliphatic rings. The van der Waals surface area contributed by atoms with Crippen molar-refractivity contribution in [2.75, 3.05) is 69.4 Å². The Morgan fingerprint density at radius 1 is 1.46 bits per heavy atom. The molecule has 0 radical (unpaired) electrons. The number of morpholine rings is 1. The summed E-state index contributed by atoms with van der Waals surface area (Å²) in [6, 6.07) is 3.16. The molecule has 1 aromatic rings. The number of alkyl halides is 2. The molecule has 0 amide bonds. The van der Waals surface area contributed by atoms with Crippen molar-refractivity contribution in [3.63, 3.8) is 0 Å². The minimum atomic E-state index is -2.90. The van der Waals surface area contributed by atoms with Gasteiger partial charge in [-0.25, -0.2) is 4.39 Å². The fourth-order valence-electron chi connectivity index (χ4n) is 2.54. The van der Waals surface area contributed by atoms with Crippen molar-refractivity contribution in [1.29, 1.82) is 0 Å². The number of hydrogen-bond acceptors (Lipinski definition) is 7. The largest absolute Gasteiger partial charge is 0.433 e. The van der Waals surface area contributed by atoms with Crippen molar-refractivity contribution in [2.24, 2.45) is 0 Å². The van der Waals surface area contributed by atoms with E-state index in [1.54, 1.807) is 19.2 Å². The number of nitrogens with one attached hydrogen (secondary N) is 1. The fraction of sp³-hybridized carbons (Fsp3) is 0.500. The number of halogens is 3. The lowest BCUT2D eigenvalue weighted by atomic mass is 10.2. The van der Waals surface area contributed by atoms with Gasteiger partial charge in [0.15, 0.2) is 17.9 Å². The lowest BCUT2D eigenvalue weighted by molar-refractivity contribution is -0.106. The maximum atomic E-state index is 12.5. The first-order valence-corrected chi connectivity index (χ1v) is 8.65. The number of likely N-dealkylation sites (N-methyl/N-ethyl adjacent to an activating group) is 1. The number of aldehydes is 1. The average Bonchev–Trinajstić information content (AvgIpc) is 2.68. The van der Waals surface area contributed by atoms with Crippen molar-refractivity contribution in [1.82, 2.24) is 4.90 Å². The number of allylic oxidation sites excluding steroid dienone is 1. The highest BCUT2D eigenvalue weighted by Gasteiger charge is 2.16. The number of ether oxygens (including phenoxy) is 2. The Labute approximate surface area is 162 Å². The highest BCUT2D eigenvalue weighted by molar-refractivity contribution is 5.78. The van der Waals surface area contributed by atoms with Crippen molar-refractivity contribution >= 4 is 23.3 Å². The molecule has 1 aliphatic heterocycles. The van der Waals surface area contributed by atoms with Crippen LogP contribution in [-0.4, -0.2) is 71.3 Å². The zero-order chi connectivity index (χ0) is 21.1. The van der Waals surface area contributed by atoms with E-state index in [0.29, 0.717) is 0 Å². The molecule has 0 atom stereocenters. The number of hydrogen-bond donors (Lipinski definition) is 2. The van der Waals surface area contributed by atoms with Gasteiger partial charge < -0.3 is 25.4 Å². The quantitative estimate of drug-likeness (QED) is 0.391. The molecule has 1 aromatic carbocycles. The summed E-state index contributed by atoms with van der Waals surface area (Å²) >= 11 is 0. The number of nitrogens with zero attached hydrogens (tertiary/aromatic N) is 2. The van der Waals surface area contributed by atoms with Crippen LogP contribution in [0.1, 0.15) is 0 Å². The van der Waals surface area contributed by atoms with Crippen LogP contribution in [0.3, 0.4) is 0 Å². The van der Waals surface area contributed by atoms with Gasteiger partial charge in [0.1, 0.15) is 0 Å². The second kappa shape index (κ2) is 12.1. The van der Waals surface area contributed by atoms with Gasteiger partial charge in [0.25, 0.3) is 0 Å². The minimum Gasteiger partial charge on any atom is -0.433 e. The van der Waals surface area contributed by atoms with E-state index < -0.39 is 12.4 Å². The number of nitrogens with two attached hydrogens (primary N) is 1. The lowest BCUT2D eigenvalue weighted by Gasteiger charge is -2.30. The molecule has 158 valence electrons. The average molecular weight is 404 g/mol. The van der Waals surface area contributed by atoms with Gasteiger partial charge in [-0.3, -0.25) is 9.69 Å². The van der Waals surface area contributed by atoms with E-state index in [-0.39, 0.29) is 17.7 Å². The van der Waals surface area contributed by atoms with E-state index in [2.05, 4.69) is 21.5 Å². The molecule has 7 nitrogen and oxygen atoms in total. The number of anilines is 3. The van der Waals surface area contributed by atoms with Gasteiger partial charge in [-0.1, -0.05) is 6.58 Å². The van der Waals surface area contributed by atoms with Crippen LogP contribution in [0.25, 0.3) is 0 Å².